The van der Waals surface area contributed by atoms with E-state index in [4.69, 9.17) is 10.7 Å². The quantitative estimate of drug-likeness (QED) is 0.606. The predicted molar refractivity (Wildman–Crippen MR) is 94.5 cm³/mol. The number of nitrogens with two attached hydrogens (primary N) is 1. The number of rotatable bonds is 4. The second kappa shape index (κ2) is 6.22. The summed E-state index contributed by atoms with van der Waals surface area (Å²) in [7, 11) is 0. The van der Waals surface area contributed by atoms with Gasteiger partial charge in [0.2, 0.25) is 0 Å². The smallest absolute Gasteiger partial charge is 0.181 e. The van der Waals surface area contributed by atoms with Gasteiger partial charge in [-0.1, -0.05) is 30.3 Å². The maximum Gasteiger partial charge on any atom is 0.181 e. The Kier molecular flexibility index (Phi) is 3.76. The third-order valence-corrected chi connectivity index (χ3v) is 4.20. The van der Waals surface area contributed by atoms with Gasteiger partial charge in [0, 0.05) is 35.8 Å². The van der Waals surface area contributed by atoms with Gasteiger partial charge >= 0.3 is 0 Å². The van der Waals surface area contributed by atoms with Crippen molar-refractivity contribution in [2.75, 3.05) is 6.54 Å². The highest BCUT2D eigenvalue weighted by Crippen LogP contribution is 2.28. The first kappa shape index (κ1) is 14.5. The van der Waals surface area contributed by atoms with Gasteiger partial charge in [0.1, 0.15) is 0 Å². The van der Waals surface area contributed by atoms with Crippen LogP contribution in [0.15, 0.2) is 67.0 Å². The number of nitrogens with one attached hydrogen (secondary N) is 1. The van der Waals surface area contributed by atoms with Crippen LogP contribution in [0, 0.1) is 0 Å². The van der Waals surface area contributed by atoms with Gasteiger partial charge in [-0.3, -0.25) is 10.1 Å². The minimum absolute atomic E-state index is 0.0664. The Labute approximate surface area is 139 Å². The second-order valence-corrected chi connectivity index (χ2v) is 5.64. The maximum absolute atomic E-state index is 6.00. The number of H-pyrrole nitrogens is 1. The van der Waals surface area contributed by atoms with Gasteiger partial charge in [0.25, 0.3) is 0 Å². The van der Waals surface area contributed by atoms with Crippen molar-refractivity contribution >= 4 is 11.0 Å². The summed E-state index contributed by atoms with van der Waals surface area (Å²) in [6.07, 6.45) is 3.54. The fourth-order valence-electron chi connectivity index (χ4n) is 2.96. The lowest BCUT2D eigenvalue weighted by Gasteiger charge is -2.14. The molecular weight excluding hydrogens is 298 g/mol. The van der Waals surface area contributed by atoms with Gasteiger partial charge in [-0.05, 0) is 29.8 Å². The summed E-state index contributed by atoms with van der Waals surface area (Å²) in [4.78, 5) is 8.78. The summed E-state index contributed by atoms with van der Waals surface area (Å²) < 4.78 is 0. The summed E-state index contributed by atoms with van der Waals surface area (Å²) in [6.45, 7) is 0.504. The van der Waals surface area contributed by atoms with E-state index >= 15 is 0 Å². The Morgan fingerprint density at radius 2 is 1.75 bits per heavy atom. The molecule has 0 aliphatic heterocycles. The Morgan fingerprint density at radius 3 is 2.50 bits per heavy atom. The molecule has 4 aromatic rings. The third kappa shape index (κ3) is 2.55. The van der Waals surface area contributed by atoms with E-state index in [0.29, 0.717) is 12.2 Å². The lowest BCUT2D eigenvalue weighted by atomic mass is 9.95. The Morgan fingerprint density at radius 1 is 0.958 bits per heavy atom. The van der Waals surface area contributed by atoms with E-state index in [1.54, 1.807) is 12.4 Å². The van der Waals surface area contributed by atoms with Crippen LogP contribution in [0.1, 0.15) is 17.2 Å². The number of aromatic amines is 1. The molecule has 0 saturated carbocycles. The van der Waals surface area contributed by atoms with Crippen LogP contribution >= 0.6 is 0 Å². The van der Waals surface area contributed by atoms with Gasteiger partial charge < -0.3 is 5.73 Å². The standard InChI is InChI=1S/C19H17N5/c20-12-16(13-4-2-1-3-5-13)17-7-6-15-18(23-24-19(15)22-17)14-8-10-21-11-9-14/h1-11,16H,12,20H2,(H,22,23,24). The molecule has 0 saturated heterocycles. The molecule has 4 rings (SSSR count). The van der Waals surface area contributed by atoms with Crippen LogP contribution < -0.4 is 5.73 Å². The summed E-state index contributed by atoms with van der Waals surface area (Å²) in [6, 6.07) is 18.2. The van der Waals surface area contributed by atoms with E-state index in [1.165, 1.54) is 0 Å². The van der Waals surface area contributed by atoms with Crippen molar-refractivity contribution in [1.29, 1.82) is 0 Å². The topological polar surface area (TPSA) is 80.5 Å². The fourth-order valence-corrected chi connectivity index (χ4v) is 2.96. The highest BCUT2D eigenvalue weighted by Gasteiger charge is 2.16. The van der Waals surface area contributed by atoms with E-state index < -0.39 is 0 Å². The summed E-state index contributed by atoms with van der Waals surface area (Å²) >= 11 is 0. The molecule has 5 heteroatoms. The molecule has 5 nitrogen and oxygen atoms in total. The first-order valence-corrected chi connectivity index (χ1v) is 7.87. The van der Waals surface area contributed by atoms with Crippen molar-refractivity contribution in [3.63, 3.8) is 0 Å². The minimum Gasteiger partial charge on any atom is -0.329 e. The number of hydrogen-bond acceptors (Lipinski definition) is 4. The molecule has 0 radical (unpaired) electrons. The molecule has 118 valence electrons. The van der Waals surface area contributed by atoms with Crippen molar-refractivity contribution in [2.45, 2.75) is 5.92 Å². The maximum atomic E-state index is 6.00. The molecule has 0 aliphatic carbocycles. The molecule has 3 heterocycles. The van der Waals surface area contributed by atoms with Crippen molar-refractivity contribution < 1.29 is 0 Å². The summed E-state index contributed by atoms with van der Waals surface area (Å²) in [5, 5.41) is 8.45. The van der Waals surface area contributed by atoms with Crippen LogP contribution in [0.2, 0.25) is 0 Å². The number of fused-ring (bicyclic) bond motifs is 1. The molecule has 1 unspecified atom stereocenters. The van der Waals surface area contributed by atoms with Crippen LogP contribution in [0.4, 0.5) is 0 Å². The van der Waals surface area contributed by atoms with Crippen molar-refractivity contribution in [3.05, 3.63) is 78.2 Å². The Hall–Kier alpha value is -3.05. The van der Waals surface area contributed by atoms with Gasteiger partial charge in [0.05, 0.1) is 11.4 Å². The van der Waals surface area contributed by atoms with Gasteiger partial charge in [-0.15, -0.1) is 0 Å². The zero-order valence-corrected chi connectivity index (χ0v) is 13.1. The predicted octanol–water partition coefficient (Wildman–Crippen LogP) is 3.11. The molecule has 0 amide bonds. The number of hydrogen-bond donors (Lipinski definition) is 2. The van der Waals surface area contributed by atoms with Gasteiger partial charge in [0.15, 0.2) is 5.65 Å². The van der Waals surface area contributed by atoms with Gasteiger partial charge in [-0.25, -0.2) is 4.98 Å². The molecule has 0 fully saturated rings. The fraction of sp³-hybridized carbons (Fsp3) is 0.105. The number of pyridine rings is 2. The summed E-state index contributed by atoms with van der Waals surface area (Å²) in [5.74, 6) is 0.0664. The molecule has 0 aliphatic rings. The molecule has 3 aromatic heterocycles. The number of nitrogens with zero attached hydrogens (tertiary/aromatic N) is 3. The molecule has 24 heavy (non-hydrogen) atoms. The van der Waals surface area contributed by atoms with Crippen LogP contribution in [-0.4, -0.2) is 26.7 Å². The minimum atomic E-state index is 0.0664. The van der Waals surface area contributed by atoms with Crippen LogP contribution in [0.3, 0.4) is 0 Å². The summed E-state index contributed by atoms with van der Waals surface area (Å²) in [5.41, 5.74) is 10.8. The number of aromatic nitrogens is 4. The van der Waals surface area contributed by atoms with Crippen LogP contribution in [0.25, 0.3) is 22.3 Å². The highest BCUT2D eigenvalue weighted by atomic mass is 15.1. The largest absolute Gasteiger partial charge is 0.329 e. The molecule has 1 atom stereocenters. The van der Waals surface area contributed by atoms with E-state index in [0.717, 1.165) is 27.9 Å². The van der Waals surface area contributed by atoms with Crippen molar-refractivity contribution in [3.8, 4) is 11.3 Å². The zero-order chi connectivity index (χ0) is 16.4. The van der Waals surface area contributed by atoms with Crippen LogP contribution in [0.5, 0.6) is 0 Å². The third-order valence-electron chi connectivity index (χ3n) is 4.20. The first-order valence-electron chi connectivity index (χ1n) is 7.87. The Bertz CT molecular complexity index is 947. The second-order valence-electron chi connectivity index (χ2n) is 5.64. The molecule has 0 spiro atoms. The normalized spacial score (nSPS) is 12.4. The van der Waals surface area contributed by atoms with Crippen LogP contribution in [-0.2, 0) is 0 Å². The lowest BCUT2D eigenvalue weighted by molar-refractivity contribution is 0.791. The van der Waals surface area contributed by atoms with E-state index in [-0.39, 0.29) is 5.92 Å². The highest BCUT2D eigenvalue weighted by molar-refractivity contribution is 5.90. The molecule has 0 bridgehead atoms. The molecular formula is C19H17N5. The SMILES string of the molecule is NCC(c1ccccc1)c1ccc2c(-c3ccncc3)[nH]nc2n1. The monoisotopic (exact) mass is 315 g/mol. The van der Waals surface area contributed by atoms with Crippen molar-refractivity contribution in [2.24, 2.45) is 5.73 Å². The number of benzene rings is 1. The zero-order valence-electron chi connectivity index (χ0n) is 13.1. The average Bonchev–Trinajstić information content (AvgIpc) is 3.07. The van der Waals surface area contributed by atoms with E-state index in [2.05, 4.69) is 33.4 Å². The van der Waals surface area contributed by atoms with Gasteiger partial charge in [-0.2, -0.15) is 5.10 Å². The van der Waals surface area contributed by atoms with E-state index in [9.17, 15) is 0 Å². The lowest BCUT2D eigenvalue weighted by Crippen LogP contribution is -2.15. The molecule has 3 N–H and O–H groups in total. The first-order chi connectivity index (χ1) is 11.9. The van der Waals surface area contributed by atoms with Crippen molar-refractivity contribution in [1.82, 2.24) is 20.2 Å². The van der Waals surface area contributed by atoms with E-state index in [1.807, 2.05) is 36.4 Å². The Balaban J connectivity index is 1.77. The molecule has 1 aromatic carbocycles. The average molecular weight is 315 g/mol.